The van der Waals surface area contributed by atoms with Crippen molar-refractivity contribution in [2.24, 2.45) is 17.3 Å². The topological polar surface area (TPSA) is 80.1 Å². The molecule has 1 atom stereocenters. The molecule has 33 heavy (non-hydrogen) atoms. The van der Waals surface area contributed by atoms with Crippen molar-refractivity contribution in [2.45, 2.75) is 77.4 Å². The normalized spacial score (nSPS) is 23.3. The molecule has 0 radical (unpaired) electrons. The molecule has 2 amide bonds. The van der Waals surface area contributed by atoms with E-state index < -0.39 is 0 Å². The van der Waals surface area contributed by atoms with Crippen LogP contribution in [0.4, 0.5) is 0 Å². The van der Waals surface area contributed by atoms with Crippen molar-refractivity contribution in [3.8, 4) is 0 Å². The van der Waals surface area contributed by atoms with E-state index in [2.05, 4.69) is 15.0 Å². The Hall–Kier alpha value is -2.70. The highest BCUT2D eigenvalue weighted by atomic mass is 16.2. The van der Waals surface area contributed by atoms with Crippen molar-refractivity contribution in [1.82, 2.24) is 25.0 Å². The van der Waals surface area contributed by atoms with Crippen molar-refractivity contribution in [1.29, 1.82) is 0 Å². The Morgan fingerprint density at radius 3 is 2.76 bits per heavy atom. The predicted octanol–water partition coefficient (Wildman–Crippen LogP) is 3.47. The number of pyridine rings is 1. The lowest BCUT2D eigenvalue weighted by Crippen LogP contribution is -2.39. The van der Waals surface area contributed by atoms with Crippen molar-refractivity contribution in [2.75, 3.05) is 6.54 Å². The molecule has 7 nitrogen and oxygen atoms in total. The van der Waals surface area contributed by atoms with Crippen LogP contribution in [0.3, 0.4) is 0 Å². The summed E-state index contributed by atoms with van der Waals surface area (Å²) in [5.74, 6) is 1.01. The molecule has 6 rings (SSSR count). The number of carbonyl (C=O) groups is 2. The van der Waals surface area contributed by atoms with Crippen molar-refractivity contribution >= 4 is 11.8 Å². The molecular weight excluding hydrogens is 414 g/mol. The first-order valence-electron chi connectivity index (χ1n) is 12.7. The molecule has 0 aromatic carbocycles. The molecule has 2 aromatic heterocycles. The van der Waals surface area contributed by atoms with Crippen molar-refractivity contribution in [3.05, 3.63) is 47.0 Å². The van der Waals surface area contributed by atoms with E-state index in [9.17, 15) is 9.59 Å². The molecule has 3 saturated carbocycles. The number of nitrogens with zero attached hydrogens (tertiary/aromatic N) is 4. The largest absolute Gasteiger partial charge is 0.345 e. The third kappa shape index (κ3) is 4.06. The van der Waals surface area contributed by atoms with E-state index in [1.54, 1.807) is 6.20 Å². The van der Waals surface area contributed by atoms with Gasteiger partial charge in [-0.25, -0.2) is 0 Å². The SMILES string of the molecule is O=C(NCc1ccccn1)c1nn(CC2CC2)c2c1CN(C(=O)[C@@H]1CC13CCCCC3)CC2. The number of amides is 2. The first-order valence-corrected chi connectivity index (χ1v) is 12.7. The molecule has 3 fully saturated rings. The standard InChI is InChI=1S/C26H33N5O2/c32-24(28-15-19-6-2-5-12-27-19)23-20-17-30(13-9-22(20)31(29-23)16-18-7-8-18)25(33)21-14-26(21)10-3-1-4-11-26/h2,5-6,12,18,21H,1,3-4,7-11,13-17H2,(H,28,32)/t21-/m0/s1. The van der Waals surface area contributed by atoms with Crippen molar-refractivity contribution < 1.29 is 9.59 Å². The van der Waals surface area contributed by atoms with E-state index in [0.29, 0.717) is 30.6 Å². The molecule has 3 heterocycles. The minimum absolute atomic E-state index is 0.170. The zero-order valence-electron chi connectivity index (χ0n) is 19.3. The Kier molecular flexibility index (Phi) is 5.23. The van der Waals surface area contributed by atoms with Gasteiger partial charge in [0, 0.05) is 49.4 Å². The van der Waals surface area contributed by atoms with Crippen LogP contribution >= 0.6 is 0 Å². The Labute approximate surface area is 194 Å². The van der Waals surface area contributed by atoms with Gasteiger partial charge < -0.3 is 10.2 Å². The fraction of sp³-hybridized carbons (Fsp3) is 0.615. The van der Waals surface area contributed by atoms with Crippen LogP contribution in [0, 0.1) is 17.3 Å². The quantitative estimate of drug-likeness (QED) is 0.735. The van der Waals surface area contributed by atoms with Crippen LogP contribution in [0.25, 0.3) is 0 Å². The summed E-state index contributed by atoms with van der Waals surface area (Å²) in [7, 11) is 0. The summed E-state index contributed by atoms with van der Waals surface area (Å²) >= 11 is 0. The third-order valence-corrected chi connectivity index (χ3v) is 8.28. The van der Waals surface area contributed by atoms with Gasteiger partial charge in [-0.1, -0.05) is 25.3 Å². The monoisotopic (exact) mass is 447 g/mol. The highest BCUT2D eigenvalue weighted by molar-refractivity contribution is 5.94. The average molecular weight is 448 g/mol. The van der Waals surface area contributed by atoms with Gasteiger partial charge in [-0.3, -0.25) is 19.3 Å². The number of aromatic nitrogens is 3. The molecule has 1 spiro atoms. The Morgan fingerprint density at radius 2 is 2.00 bits per heavy atom. The minimum Gasteiger partial charge on any atom is -0.345 e. The number of carbonyl (C=O) groups excluding carboxylic acids is 2. The first-order chi connectivity index (χ1) is 16.1. The van der Waals surface area contributed by atoms with Crippen LogP contribution in [-0.2, 0) is 30.8 Å². The molecule has 3 aliphatic carbocycles. The summed E-state index contributed by atoms with van der Waals surface area (Å²) in [4.78, 5) is 32.9. The van der Waals surface area contributed by atoms with E-state index >= 15 is 0 Å². The van der Waals surface area contributed by atoms with Gasteiger partial charge >= 0.3 is 0 Å². The van der Waals surface area contributed by atoms with Gasteiger partial charge in [0.05, 0.1) is 12.2 Å². The predicted molar refractivity (Wildman–Crippen MR) is 123 cm³/mol. The number of hydrogen-bond acceptors (Lipinski definition) is 4. The van der Waals surface area contributed by atoms with Crippen LogP contribution in [0.1, 0.15) is 78.8 Å². The maximum atomic E-state index is 13.4. The maximum Gasteiger partial charge on any atom is 0.272 e. The molecule has 0 saturated heterocycles. The number of nitrogens with one attached hydrogen (secondary N) is 1. The van der Waals surface area contributed by atoms with Crippen molar-refractivity contribution in [3.63, 3.8) is 0 Å². The summed E-state index contributed by atoms with van der Waals surface area (Å²) in [5, 5.41) is 7.76. The lowest BCUT2D eigenvalue weighted by molar-refractivity contribution is -0.134. The fourth-order valence-electron chi connectivity index (χ4n) is 6.04. The van der Waals surface area contributed by atoms with Crippen LogP contribution in [-0.4, -0.2) is 38.0 Å². The second-order valence-electron chi connectivity index (χ2n) is 10.6. The average Bonchev–Trinajstić information content (AvgIpc) is 3.76. The van der Waals surface area contributed by atoms with Gasteiger partial charge in [0.2, 0.25) is 5.91 Å². The Bertz CT molecular complexity index is 1050. The Balaban J connectivity index is 1.20. The summed E-state index contributed by atoms with van der Waals surface area (Å²) < 4.78 is 2.06. The van der Waals surface area contributed by atoms with E-state index in [1.165, 1.54) is 44.9 Å². The molecule has 4 aliphatic rings. The fourth-order valence-corrected chi connectivity index (χ4v) is 6.04. The van der Waals surface area contributed by atoms with Gasteiger partial charge in [-0.15, -0.1) is 0 Å². The molecule has 7 heteroatoms. The molecule has 0 bridgehead atoms. The molecule has 1 N–H and O–H groups in total. The van der Waals surface area contributed by atoms with Gasteiger partial charge in [-0.2, -0.15) is 5.10 Å². The molecule has 0 unspecified atom stereocenters. The second-order valence-corrected chi connectivity index (χ2v) is 10.6. The summed E-state index contributed by atoms with van der Waals surface area (Å²) in [6, 6.07) is 5.68. The minimum atomic E-state index is -0.170. The highest BCUT2D eigenvalue weighted by Gasteiger charge is 2.58. The van der Waals surface area contributed by atoms with Gasteiger partial charge in [0.25, 0.3) is 5.91 Å². The number of hydrogen-bond donors (Lipinski definition) is 1. The second kappa shape index (κ2) is 8.26. The van der Waals surface area contributed by atoms with E-state index in [1.807, 2.05) is 23.1 Å². The van der Waals surface area contributed by atoms with E-state index in [-0.39, 0.29) is 17.2 Å². The molecule has 2 aromatic rings. The molecule has 1 aliphatic heterocycles. The zero-order chi connectivity index (χ0) is 22.4. The van der Waals surface area contributed by atoms with Crippen LogP contribution in [0.15, 0.2) is 24.4 Å². The Morgan fingerprint density at radius 1 is 1.15 bits per heavy atom. The lowest BCUT2D eigenvalue weighted by Gasteiger charge is -2.30. The third-order valence-electron chi connectivity index (χ3n) is 8.28. The molecular formula is C26H33N5O2. The molecule has 174 valence electrons. The maximum absolute atomic E-state index is 13.4. The number of fused-ring (bicyclic) bond motifs is 1. The zero-order valence-corrected chi connectivity index (χ0v) is 19.3. The van der Waals surface area contributed by atoms with Gasteiger partial charge in [0.1, 0.15) is 0 Å². The first kappa shape index (κ1) is 20.9. The highest BCUT2D eigenvalue weighted by Crippen LogP contribution is 2.62. The van der Waals surface area contributed by atoms with E-state index in [4.69, 9.17) is 5.10 Å². The van der Waals surface area contributed by atoms with Crippen LogP contribution < -0.4 is 5.32 Å². The summed E-state index contributed by atoms with van der Waals surface area (Å²) in [5.41, 5.74) is 3.70. The van der Waals surface area contributed by atoms with E-state index in [0.717, 1.165) is 42.9 Å². The summed E-state index contributed by atoms with van der Waals surface area (Å²) in [6.07, 6.45) is 12.3. The van der Waals surface area contributed by atoms with Crippen LogP contribution in [0.2, 0.25) is 0 Å². The van der Waals surface area contributed by atoms with Gasteiger partial charge in [-0.05, 0) is 55.6 Å². The summed E-state index contributed by atoms with van der Waals surface area (Å²) in [6.45, 7) is 2.51. The number of rotatable bonds is 6. The lowest BCUT2D eigenvalue weighted by atomic mass is 9.84. The van der Waals surface area contributed by atoms with Gasteiger partial charge in [0.15, 0.2) is 5.69 Å². The smallest absolute Gasteiger partial charge is 0.272 e. The van der Waals surface area contributed by atoms with Crippen LogP contribution in [0.5, 0.6) is 0 Å².